The average molecular weight is 513 g/mol. The van der Waals surface area contributed by atoms with Gasteiger partial charge in [0.25, 0.3) is 0 Å². The first-order chi connectivity index (χ1) is 18.4. The van der Waals surface area contributed by atoms with Crippen molar-refractivity contribution in [2.24, 2.45) is 5.73 Å². The van der Waals surface area contributed by atoms with Crippen LogP contribution in [0.1, 0.15) is 21.9 Å². The summed E-state index contributed by atoms with van der Waals surface area (Å²) in [5.41, 5.74) is 10.4. The topological polar surface area (TPSA) is 139 Å². The number of fused-ring (bicyclic) bond motifs is 1. The molecule has 0 bridgehead atoms. The van der Waals surface area contributed by atoms with Crippen molar-refractivity contribution in [3.8, 4) is 28.4 Å². The van der Waals surface area contributed by atoms with E-state index in [1.807, 2.05) is 49.4 Å². The van der Waals surface area contributed by atoms with Crippen molar-refractivity contribution in [3.63, 3.8) is 0 Å². The van der Waals surface area contributed by atoms with Gasteiger partial charge in [0, 0.05) is 28.9 Å². The molecule has 0 radical (unpaired) electrons. The van der Waals surface area contributed by atoms with Gasteiger partial charge in [0.2, 0.25) is 0 Å². The molecule has 0 spiro atoms. The number of aryl methyl sites for hydroxylation is 1. The van der Waals surface area contributed by atoms with Gasteiger partial charge in [-0.1, -0.05) is 12.1 Å². The number of hydrogen-bond acceptors (Lipinski definition) is 7. The number of ether oxygens (including phenoxy) is 1. The molecule has 0 unspecified atom stereocenters. The maximum Gasteiger partial charge on any atom is 0.335 e. The molecule has 0 saturated carbocycles. The Balaban J connectivity index is 1.52. The summed E-state index contributed by atoms with van der Waals surface area (Å²) in [4.78, 5) is 28.6. The molecule has 0 amide bonds. The molecule has 0 atom stereocenters. The molecule has 0 fully saturated rings. The third-order valence-corrected chi connectivity index (χ3v) is 5.82. The fourth-order valence-corrected chi connectivity index (χ4v) is 4.10. The average Bonchev–Trinajstić information content (AvgIpc) is 3.34. The van der Waals surface area contributed by atoms with Gasteiger partial charge < -0.3 is 25.9 Å². The first kappa shape index (κ1) is 24.8. The highest BCUT2D eigenvalue weighted by molar-refractivity contribution is 5.89. The number of carbonyl (C=O) groups is 1. The molecule has 0 aliphatic carbocycles. The molecule has 38 heavy (non-hydrogen) atoms. The van der Waals surface area contributed by atoms with Gasteiger partial charge in [-0.3, -0.25) is 9.97 Å². The van der Waals surface area contributed by atoms with Crippen LogP contribution in [0.5, 0.6) is 5.75 Å². The number of aromatic amines is 1. The van der Waals surface area contributed by atoms with Crippen LogP contribution in [0.25, 0.3) is 33.5 Å². The van der Waals surface area contributed by atoms with Gasteiger partial charge in [0.05, 0.1) is 40.9 Å². The number of H-pyrrole nitrogens is 1. The number of benzene rings is 2. The van der Waals surface area contributed by atoms with Crippen LogP contribution in [0.2, 0.25) is 0 Å². The number of carboxylic acid groups (broad SMARTS) is 1. The van der Waals surface area contributed by atoms with Gasteiger partial charge in [-0.2, -0.15) is 0 Å². The lowest BCUT2D eigenvalue weighted by Gasteiger charge is -2.07. The number of halogens is 1. The summed E-state index contributed by atoms with van der Waals surface area (Å²) in [6.07, 6.45) is 1.67. The summed E-state index contributed by atoms with van der Waals surface area (Å²) in [6.45, 7) is 2.91. The van der Waals surface area contributed by atoms with Crippen LogP contribution in [0, 0.1) is 12.7 Å². The van der Waals surface area contributed by atoms with Gasteiger partial charge in [0.15, 0.2) is 0 Å². The number of aromatic nitrogens is 4. The number of nitrogens with one attached hydrogen (secondary N) is 2. The number of carboxylic acids is 1. The zero-order chi connectivity index (χ0) is 26.6. The summed E-state index contributed by atoms with van der Waals surface area (Å²) < 4.78 is 19.6. The molecule has 3 heterocycles. The van der Waals surface area contributed by atoms with Crippen LogP contribution in [0.3, 0.4) is 0 Å². The van der Waals surface area contributed by atoms with E-state index in [-0.39, 0.29) is 12.1 Å². The maximum atomic E-state index is 13.9. The van der Waals surface area contributed by atoms with E-state index in [2.05, 4.69) is 20.3 Å². The molecule has 0 aliphatic heterocycles. The molecule has 5 aromatic rings. The van der Waals surface area contributed by atoms with Crippen molar-refractivity contribution >= 4 is 22.6 Å². The smallest absolute Gasteiger partial charge is 0.335 e. The first-order valence-electron chi connectivity index (χ1n) is 11.9. The molecular formula is C28H25FN6O3. The highest BCUT2D eigenvalue weighted by atomic mass is 19.1. The van der Waals surface area contributed by atoms with E-state index in [1.54, 1.807) is 6.20 Å². The van der Waals surface area contributed by atoms with E-state index < -0.39 is 11.8 Å². The summed E-state index contributed by atoms with van der Waals surface area (Å²) in [6, 6.07) is 17.1. The van der Waals surface area contributed by atoms with Crippen LogP contribution < -0.4 is 15.8 Å². The minimum absolute atomic E-state index is 0.142. The second kappa shape index (κ2) is 10.7. The molecule has 192 valence electrons. The van der Waals surface area contributed by atoms with Crippen LogP contribution in [-0.4, -0.2) is 44.2 Å². The molecule has 2 aromatic carbocycles. The normalized spacial score (nSPS) is 11.0. The van der Waals surface area contributed by atoms with Crippen molar-refractivity contribution in [1.29, 1.82) is 0 Å². The molecule has 10 heteroatoms. The van der Waals surface area contributed by atoms with Crippen LogP contribution in [-0.2, 0) is 6.54 Å². The number of pyridine rings is 2. The molecule has 9 nitrogen and oxygen atoms in total. The summed E-state index contributed by atoms with van der Waals surface area (Å²) in [5, 5.41) is 13.2. The van der Waals surface area contributed by atoms with Gasteiger partial charge in [-0.15, -0.1) is 0 Å². The van der Waals surface area contributed by atoms with Gasteiger partial charge >= 0.3 is 5.97 Å². The number of aromatic carboxylic acids is 1. The number of nitrogens with zero attached hydrogens (tertiary/aromatic N) is 3. The Kier molecular flexibility index (Phi) is 6.96. The van der Waals surface area contributed by atoms with Crippen LogP contribution >= 0.6 is 0 Å². The molecule has 5 rings (SSSR count). The van der Waals surface area contributed by atoms with Gasteiger partial charge in [0.1, 0.15) is 24.0 Å². The maximum absolute atomic E-state index is 13.9. The van der Waals surface area contributed by atoms with E-state index in [0.29, 0.717) is 36.1 Å². The predicted molar refractivity (Wildman–Crippen MR) is 143 cm³/mol. The number of rotatable bonds is 9. The summed E-state index contributed by atoms with van der Waals surface area (Å²) in [7, 11) is 0. The predicted octanol–water partition coefficient (Wildman–Crippen LogP) is 4.78. The third kappa shape index (κ3) is 5.45. The van der Waals surface area contributed by atoms with Crippen molar-refractivity contribution in [2.45, 2.75) is 13.5 Å². The van der Waals surface area contributed by atoms with Crippen molar-refractivity contribution in [2.75, 3.05) is 18.5 Å². The monoisotopic (exact) mass is 512 g/mol. The Morgan fingerprint density at radius 2 is 2.00 bits per heavy atom. The van der Waals surface area contributed by atoms with E-state index >= 15 is 0 Å². The van der Waals surface area contributed by atoms with Crippen molar-refractivity contribution in [3.05, 3.63) is 89.8 Å². The Labute approximate surface area is 217 Å². The minimum Gasteiger partial charge on any atom is -0.491 e. The van der Waals surface area contributed by atoms with E-state index in [0.717, 1.165) is 39.6 Å². The van der Waals surface area contributed by atoms with Gasteiger partial charge in [-0.05, 0) is 55.5 Å². The first-order valence-corrected chi connectivity index (χ1v) is 11.9. The Bertz CT molecular complexity index is 1630. The second-order valence-electron chi connectivity index (χ2n) is 8.67. The number of imidazole rings is 1. The lowest BCUT2D eigenvalue weighted by Crippen LogP contribution is -2.10. The SMILES string of the molecule is Cc1cccc(-c2[nH]c(CNc3cc(F)cc(C(=O)O)c3)nc2-c2ccc3ncc(OCCN)cc3c2)n1. The highest BCUT2D eigenvalue weighted by Crippen LogP contribution is 2.32. The number of hydrogen-bond donors (Lipinski definition) is 4. The zero-order valence-corrected chi connectivity index (χ0v) is 20.5. The lowest BCUT2D eigenvalue weighted by molar-refractivity contribution is 0.0696. The van der Waals surface area contributed by atoms with E-state index in [1.165, 1.54) is 12.1 Å². The van der Waals surface area contributed by atoms with Crippen molar-refractivity contribution in [1.82, 2.24) is 19.9 Å². The standard InChI is InChI=1S/C28H25FN6O3/c1-16-3-2-4-24(33-16)27-26(17-5-6-23-18(9-17)12-22(14-32-23)38-8-7-30)34-25(35-27)15-31-21-11-19(28(36)37)10-20(29)13-21/h2-6,9-14,31H,7-8,15,30H2,1H3,(H,34,35)(H,36,37). The molecule has 3 aromatic heterocycles. The van der Waals surface area contributed by atoms with E-state index in [4.69, 9.17) is 15.5 Å². The quantitative estimate of drug-likeness (QED) is 0.221. The second-order valence-corrected chi connectivity index (χ2v) is 8.67. The Hall–Kier alpha value is -4.83. The summed E-state index contributed by atoms with van der Waals surface area (Å²) in [5.74, 6) is -0.652. The third-order valence-electron chi connectivity index (χ3n) is 5.82. The zero-order valence-electron chi connectivity index (χ0n) is 20.5. The van der Waals surface area contributed by atoms with Gasteiger partial charge in [-0.25, -0.2) is 14.2 Å². The van der Waals surface area contributed by atoms with Crippen LogP contribution in [0.15, 0.2) is 66.9 Å². The molecule has 0 saturated heterocycles. The van der Waals surface area contributed by atoms with Crippen molar-refractivity contribution < 1.29 is 19.0 Å². The Morgan fingerprint density at radius 1 is 1.13 bits per heavy atom. The summed E-state index contributed by atoms with van der Waals surface area (Å²) >= 11 is 0. The lowest BCUT2D eigenvalue weighted by atomic mass is 10.1. The number of nitrogens with two attached hydrogens (primary N) is 1. The molecular weight excluding hydrogens is 487 g/mol. The Morgan fingerprint density at radius 3 is 2.79 bits per heavy atom. The number of anilines is 1. The van der Waals surface area contributed by atoms with E-state index in [9.17, 15) is 14.3 Å². The fraction of sp³-hybridized carbons (Fsp3) is 0.143. The largest absolute Gasteiger partial charge is 0.491 e. The molecule has 0 aliphatic rings. The molecule has 5 N–H and O–H groups in total. The highest BCUT2D eigenvalue weighted by Gasteiger charge is 2.17. The fourth-order valence-electron chi connectivity index (χ4n) is 4.10. The van der Waals surface area contributed by atoms with Crippen LogP contribution in [0.4, 0.5) is 10.1 Å². The minimum atomic E-state index is -1.21.